The molecule has 0 amide bonds. The number of Topliss-reactive ketones (excluding diaryl/α,β-unsaturated/α-hetero) is 1. The maximum Gasteiger partial charge on any atom is 0.310 e. The van der Waals surface area contributed by atoms with Crippen molar-refractivity contribution in [2.45, 2.75) is 33.4 Å². The van der Waals surface area contributed by atoms with Crippen LogP contribution in [0.25, 0.3) is 22.1 Å². The van der Waals surface area contributed by atoms with Gasteiger partial charge in [-0.3, -0.25) is 14.6 Å². The van der Waals surface area contributed by atoms with E-state index in [1.807, 2.05) is 0 Å². The molecule has 2 heterocycles. The minimum absolute atomic E-state index is 0.0105. The molecule has 0 aliphatic heterocycles. The molecule has 0 saturated carbocycles. The molecule has 0 bridgehead atoms. The maximum atomic E-state index is 15.0. The number of benzene rings is 2. The number of aromatic nitrogens is 1. The zero-order valence-corrected chi connectivity index (χ0v) is 19.8. The number of hydrogen-bond acceptors (Lipinski definition) is 7. The number of halogens is 2. The van der Waals surface area contributed by atoms with E-state index in [0.29, 0.717) is 33.4 Å². The highest BCUT2D eigenvalue weighted by Gasteiger charge is 2.18. The monoisotopic (exact) mass is 494 g/mol. The highest BCUT2D eigenvalue weighted by atomic mass is 19.1. The van der Waals surface area contributed by atoms with Gasteiger partial charge in [0.2, 0.25) is 0 Å². The van der Waals surface area contributed by atoms with Crippen LogP contribution in [-0.4, -0.2) is 23.3 Å². The van der Waals surface area contributed by atoms with Crippen molar-refractivity contribution in [3.8, 4) is 16.9 Å². The van der Waals surface area contributed by atoms with Crippen molar-refractivity contribution < 1.29 is 32.3 Å². The first-order chi connectivity index (χ1) is 17.3. The van der Waals surface area contributed by atoms with Crippen LogP contribution in [-0.2, 0) is 29.1 Å². The van der Waals surface area contributed by atoms with Gasteiger partial charge in [0.15, 0.2) is 11.6 Å². The summed E-state index contributed by atoms with van der Waals surface area (Å²) >= 11 is 0. The van der Waals surface area contributed by atoms with Gasteiger partial charge in [0.05, 0.1) is 18.7 Å². The van der Waals surface area contributed by atoms with Crippen LogP contribution < -0.4 is 10.5 Å². The van der Waals surface area contributed by atoms with Crippen LogP contribution in [0, 0.1) is 11.8 Å². The summed E-state index contributed by atoms with van der Waals surface area (Å²) in [6.45, 7) is 3.26. The van der Waals surface area contributed by atoms with Crippen LogP contribution in [0.5, 0.6) is 5.75 Å². The molecule has 0 unspecified atom stereocenters. The molecular weight excluding hydrogens is 470 g/mol. The summed E-state index contributed by atoms with van der Waals surface area (Å²) < 4.78 is 45.3. The number of rotatable bonds is 9. The first-order valence-electron chi connectivity index (χ1n) is 11.3. The van der Waals surface area contributed by atoms with E-state index in [0.717, 1.165) is 0 Å². The van der Waals surface area contributed by atoms with Gasteiger partial charge in [-0.1, -0.05) is 12.1 Å². The van der Waals surface area contributed by atoms with Crippen molar-refractivity contribution in [3.05, 3.63) is 82.9 Å². The molecule has 7 nitrogen and oxygen atoms in total. The Morgan fingerprint density at radius 1 is 1.08 bits per heavy atom. The van der Waals surface area contributed by atoms with Gasteiger partial charge >= 0.3 is 5.97 Å². The Kier molecular flexibility index (Phi) is 7.40. The van der Waals surface area contributed by atoms with Crippen molar-refractivity contribution in [1.29, 1.82) is 0 Å². The number of carbonyl (C=O) groups excluding carboxylic acids is 2. The smallest absolute Gasteiger partial charge is 0.310 e. The topological polar surface area (TPSA) is 105 Å². The van der Waals surface area contributed by atoms with Crippen LogP contribution in [0.1, 0.15) is 41.0 Å². The van der Waals surface area contributed by atoms with Crippen molar-refractivity contribution >= 4 is 22.7 Å². The van der Waals surface area contributed by atoms with Crippen molar-refractivity contribution in [2.75, 3.05) is 6.61 Å². The molecule has 0 aliphatic rings. The van der Waals surface area contributed by atoms with E-state index in [-0.39, 0.29) is 48.8 Å². The quantitative estimate of drug-likeness (QED) is 0.254. The largest absolute Gasteiger partial charge is 0.489 e. The van der Waals surface area contributed by atoms with Crippen LogP contribution in [0.3, 0.4) is 0 Å². The first-order valence-corrected chi connectivity index (χ1v) is 11.3. The van der Waals surface area contributed by atoms with Crippen LogP contribution in [0.2, 0.25) is 0 Å². The van der Waals surface area contributed by atoms with Gasteiger partial charge in [0.25, 0.3) is 6.01 Å². The molecular formula is C27H24F2N2O5. The number of carbonyl (C=O) groups is 2. The molecule has 4 rings (SSSR count). The minimum Gasteiger partial charge on any atom is -0.489 e. The van der Waals surface area contributed by atoms with Crippen molar-refractivity contribution in [1.82, 2.24) is 4.98 Å². The molecule has 0 fully saturated rings. The summed E-state index contributed by atoms with van der Waals surface area (Å²) in [6.07, 6.45) is 1.38. The number of ether oxygens (including phenoxy) is 2. The maximum absolute atomic E-state index is 15.0. The number of fused-ring (bicyclic) bond motifs is 1. The average Bonchev–Trinajstić information content (AvgIpc) is 3.23. The van der Waals surface area contributed by atoms with Gasteiger partial charge in [0.1, 0.15) is 17.9 Å². The van der Waals surface area contributed by atoms with Crippen LogP contribution in [0.15, 0.2) is 53.1 Å². The number of furan rings is 1. The minimum atomic E-state index is -0.816. The molecule has 9 heteroatoms. The molecule has 0 aliphatic carbocycles. The normalized spacial score (nSPS) is 11.0. The SMILES string of the molecule is CCOC(=O)Cc1ccc(C(C)=O)cc1OCc1cc(-c2ccnc(CN)c2F)c2oc(F)cc2c1. The highest BCUT2D eigenvalue weighted by Crippen LogP contribution is 2.35. The molecule has 186 valence electrons. The lowest BCUT2D eigenvalue weighted by molar-refractivity contribution is -0.142. The van der Waals surface area contributed by atoms with Crippen LogP contribution >= 0.6 is 0 Å². The Balaban J connectivity index is 1.72. The molecule has 2 N–H and O–H groups in total. The fourth-order valence-corrected chi connectivity index (χ4v) is 3.89. The predicted octanol–water partition coefficient (Wildman–Crippen LogP) is 5.12. The van der Waals surface area contributed by atoms with Gasteiger partial charge in [-0.15, -0.1) is 0 Å². The average molecular weight is 494 g/mol. The third-order valence-corrected chi connectivity index (χ3v) is 5.60. The van der Waals surface area contributed by atoms with Gasteiger partial charge in [-0.05, 0) is 43.7 Å². The Morgan fingerprint density at radius 2 is 1.89 bits per heavy atom. The summed E-state index contributed by atoms with van der Waals surface area (Å²) in [4.78, 5) is 27.9. The zero-order valence-electron chi connectivity index (χ0n) is 19.8. The Labute approximate surface area is 205 Å². The Hall–Kier alpha value is -4.11. The number of hydrogen-bond donors (Lipinski definition) is 1. The molecule has 2 aromatic carbocycles. The van der Waals surface area contributed by atoms with E-state index in [9.17, 15) is 14.0 Å². The second-order valence-electron chi connectivity index (χ2n) is 8.08. The summed E-state index contributed by atoms with van der Waals surface area (Å²) in [5.41, 5.74) is 7.85. The zero-order chi connectivity index (χ0) is 25.8. The third kappa shape index (κ3) is 5.26. The third-order valence-electron chi connectivity index (χ3n) is 5.60. The van der Waals surface area contributed by atoms with Crippen molar-refractivity contribution in [3.63, 3.8) is 0 Å². The summed E-state index contributed by atoms with van der Waals surface area (Å²) in [6, 6.07) is 9.95. The number of nitrogens with two attached hydrogens (primary N) is 1. The summed E-state index contributed by atoms with van der Waals surface area (Å²) in [5, 5.41) is 0.415. The lowest BCUT2D eigenvalue weighted by Crippen LogP contribution is -2.10. The lowest BCUT2D eigenvalue weighted by Gasteiger charge is -2.14. The second-order valence-corrected chi connectivity index (χ2v) is 8.08. The molecule has 0 saturated heterocycles. The van der Waals surface area contributed by atoms with E-state index in [1.54, 1.807) is 37.3 Å². The predicted molar refractivity (Wildman–Crippen MR) is 128 cm³/mol. The van der Waals surface area contributed by atoms with E-state index < -0.39 is 17.8 Å². The molecule has 0 radical (unpaired) electrons. The number of esters is 1. The Bertz CT molecular complexity index is 1450. The first kappa shape index (κ1) is 25.0. The van der Waals surface area contributed by atoms with E-state index in [1.165, 1.54) is 25.3 Å². The molecule has 0 spiro atoms. The fourth-order valence-electron chi connectivity index (χ4n) is 3.89. The Morgan fingerprint density at radius 3 is 2.61 bits per heavy atom. The van der Waals surface area contributed by atoms with Crippen molar-refractivity contribution in [2.24, 2.45) is 5.73 Å². The van der Waals surface area contributed by atoms with Gasteiger partial charge in [0, 0.05) is 46.4 Å². The van der Waals surface area contributed by atoms with E-state index >= 15 is 4.39 Å². The van der Waals surface area contributed by atoms with Gasteiger partial charge in [-0.2, -0.15) is 4.39 Å². The molecule has 36 heavy (non-hydrogen) atoms. The summed E-state index contributed by atoms with van der Waals surface area (Å²) in [5.74, 6) is -0.887. The molecule has 0 atom stereocenters. The van der Waals surface area contributed by atoms with Crippen LogP contribution in [0.4, 0.5) is 8.78 Å². The fraction of sp³-hybridized carbons (Fsp3) is 0.222. The van der Waals surface area contributed by atoms with E-state index in [4.69, 9.17) is 19.6 Å². The lowest BCUT2D eigenvalue weighted by atomic mass is 10.00. The number of nitrogens with zero attached hydrogens (tertiary/aromatic N) is 1. The van der Waals surface area contributed by atoms with Gasteiger partial charge in [-0.25, -0.2) is 4.39 Å². The second kappa shape index (κ2) is 10.7. The van der Waals surface area contributed by atoms with Gasteiger partial charge < -0.3 is 19.6 Å². The highest BCUT2D eigenvalue weighted by molar-refractivity contribution is 5.95. The number of ketones is 1. The van der Waals surface area contributed by atoms with E-state index in [2.05, 4.69) is 4.98 Å². The molecule has 2 aromatic heterocycles. The summed E-state index contributed by atoms with van der Waals surface area (Å²) in [7, 11) is 0. The standard InChI is InChI=1S/C27H24F2N2O5/c1-3-34-25(33)12-18-5-4-17(15(2)32)10-23(18)35-14-16-8-19-11-24(28)36-27(19)21(9-16)20-6-7-31-22(13-30)26(20)29/h4-11H,3,12-14,30H2,1-2H3. The molecule has 4 aromatic rings. The number of pyridine rings is 1.